The highest BCUT2D eigenvalue weighted by Gasteiger charge is 2.02. The SMILES string of the molecule is C1CCNCC1.CN1CCCCC1.NC(=S)S. The van der Waals surface area contributed by atoms with Crippen LogP contribution in [0.15, 0.2) is 0 Å². The lowest BCUT2D eigenvalue weighted by Crippen LogP contribution is -2.24. The number of hydrogen-bond acceptors (Lipinski definition) is 3. The molecule has 0 aromatic carbocycles. The summed E-state index contributed by atoms with van der Waals surface area (Å²) in [7, 11) is 2.19. The number of nitrogens with two attached hydrogens (primary N) is 1. The van der Waals surface area contributed by atoms with Crippen molar-refractivity contribution in [3.05, 3.63) is 0 Å². The number of nitrogens with one attached hydrogen (secondary N) is 1. The number of likely N-dealkylation sites (tertiary alicyclic amines) is 1. The summed E-state index contributed by atoms with van der Waals surface area (Å²) in [5.74, 6) is 0. The summed E-state index contributed by atoms with van der Waals surface area (Å²) in [6.07, 6.45) is 8.49. The Kier molecular flexibility index (Phi) is 12.7. The molecule has 2 heterocycles. The number of rotatable bonds is 0. The second-order valence-corrected chi connectivity index (χ2v) is 5.74. The highest BCUT2D eigenvalue weighted by atomic mass is 32.1. The zero-order valence-electron chi connectivity index (χ0n) is 11.0. The van der Waals surface area contributed by atoms with Crippen molar-refractivity contribution in [3.8, 4) is 0 Å². The first-order chi connectivity index (χ1) is 8.13. The molecule has 0 atom stereocenters. The monoisotopic (exact) mass is 277 g/mol. The molecular weight excluding hydrogens is 250 g/mol. The van der Waals surface area contributed by atoms with Crippen LogP contribution in [0.1, 0.15) is 38.5 Å². The van der Waals surface area contributed by atoms with E-state index in [9.17, 15) is 0 Å². The van der Waals surface area contributed by atoms with E-state index in [1.807, 2.05) is 0 Å². The average molecular weight is 278 g/mol. The largest absolute Gasteiger partial charge is 0.385 e. The lowest BCUT2D eigenvalue weighted by Gasteiger charge is -2.20. The maximum Gasteiger partial charge on any atom is 0.128 e. The normalized spacial score (nSPS) is 20.4. The van der Waals surface area contributed by atoms with Crippen LogP contribution >= 0.6 is 24.8 Å². The van der Waals surface area contributed by atoms with Gasteiger partial charge in [0.15, 0.2) is 0 Å². The molecule has 3 nitrogen and oxygen atoms in total. The molecule has 0 aromatic heterocycles. The van der Waals surface area contributed by atoms with Gasteiger partial charge in [0.2, 0.25) is 0 Å². The molecule has 102 valence electrons. The third kappa shape index (κ3) is 16.2. The standard InChI is InChI=1S/C6H13N.C5H11N.CH3NS2/c1-7-5-3-2-4-6-7;1-2-4-6-5-3-1;2-1(3)4/h2-6H2,1H3;6H,1-5H2;(H3,2,3,4). The molecular formula is C12H27N3S2. The van der Waals surface area contributed by atoms with Gasteiger partial charge in [-0.05, 0) is 58.9 Å². The van der Waals surface area contributed by atoms with Gasteiger partial charge < -0.3 is 16.0 Å². The molecule has 3 N–H and O–H groups in total. The fraction of sp³-hybridized carbons (Fsp3) is 0.917. The van der Waals surface area contributed by atoms with Gasteiger partial charge in [0, 0.05) is 0 Å². The Morgan fingerprint density at radius 3 is 1.65 bits per heavy atom. The van der Waals surface area contributed by atoms with E-state index in [0.717, 1.165) is 0 Å². The van der Waals surface area contributed by atoms with Crippen molar-refractivity contribution in [1.29, 1.82) is 0 Å². The molecule has 17 heavy (non-hydrogen) atoms. The van der Waals surface area contributed by atoms with Crippen molar-refractivity contribution in [3.63, 3.8) is 0 Å². The Labute approximate surface area is 117 Å². The molecule has 0 aromatic rings. The maximum absolute atomic E-state index is 4.71. The molecule has 5 heteroatoms. The fourth-order valence-corrected chi connectivity index (χ4v) is 1.85. The van der Waals surface area contributed by atoms with Crippen LogP contribution in [0.25, 0.3) is 0 Å². The molecule has 0 unspecified atom stereocenters. The van der Waals surface area contributed by atoms with Gasteiger partial charge in [0.05, 0.1) is 0 Å². The van der Waals surface area contributed by atoms with Crippen molar-refractivity contribution >= 4 is 29.2 Å². The summed E-state index contributed by atoms with van der Waals surface area (Å²) in [5, 5.41) is 3.28. The lowest BCUT2D eigenvalue weighted by molar-refractivity contribution is 0.277. The smallest absolute Gasteiger partial charge is 0.128 e. The summed E-state index contributed by atoms with van der Waals surface area (Å²) < 4.78 is 0.194. The van der Waals surface area contributed by atoms with E-state index >= 15 is 0 Å². The van der Waals surface area contributed by atoms with E-state index in [2.05, 4.69) is 42.1 Å². The van der Waals surface area contributed by atoms with Gasteiger partial charge in [0.25, 0.3) is 0 Å². The molecule has 2 fully saturated rings. The summed E-state index contributed by atoms with van der Waals surface area (Å²) in [6, 6.07) is 0. The van der Waals surface area contributed by atoms with Gasteiger partial charge in [-0.2, -0.15) is 0 Å². The molecule has 2 aliphatic heterocycles. The molecule has 0 bridgehead atoms. The summed E-state index contributed by atoms with van der Waals surface area (Å²) in [6.45, 7) is 5.14. The van der Waals surface area contributed by atoms with Crippen molar-refractivity contribution < 1.29 is 0 Å². The zero-order valence-corrected chi connectivity index (χ0v) is 12.7. The molecule has 2 rings (SSSR count). The number of thiocarbonyl (C=S) groups is 1. The highest BCUT2D eigenvalue weighted by molar-refractivity contribution is 8.10. The molecule has 0 amide bonds. The van der Waals surface area contributed by atoms with Crippen molar-refractivity contribution in [2.75, 3.05) is 33.2 Å². The molecule has 2 aliphatic rings. The first-order valence-electron chi connectivity index (χ1n) is 6.50. The zero-order chi connectivity index (χ0) is 12.9. The van der Waals surface area contributed by atoms with E-state index in [1.54, 1.807) is 0 Å². The minimum absolute atomic E-state index is 0.194. The van der Waals surface area contributed by atoms with Crippen molar-refractivity contribution in [1.82, 2.24) is 10.2 Å². The van der Waals surface area contributed by atoms with Crippen LogP contribution in [0.4, 0.5) is 0 Å². The van der Waals surface area contributed by atoms with E-state index in [1.165, 1.54) is 64.7 Å². The average Bonchev–Trinajstić information content (AvgIpc) is 2.32. The Morgan fingerprint density at radius 1 is 1.06 bits per heavy atom. The predicted octanol–water partition coefficient (Wildman–Crippen LogP) is 2.02. The van der Waals surface area contributed by atoms with Crippen molar-refractivity contribution in [2.24, 2.45) is 5.73 Å². The van der Waals surface area contributed by atoms with E-state index < -0.39 is 0 Å². The quantitative estimate of drug-likeness (QED) is 0.468. The molecule has 0 aliphatic carbocycles. The van der Waals surface area contributed by atoms with Crippen LogP contribution < -0.4 is 11.1 Å². The predicted molar refractivity (Wildman–Crippen MR) is 83.8 cm³/mol. The summed E-state index contributed by atoms with van der Waals surface area (Å²) >= 11 is 7.65. The van der Waals surface area contributed by atoms with E-state index in [-0.39, 0.29) is 4.32 Å². The van der Waals surface area contributed by atoms with Gasteiger partial charge in [-0.3, -0.25) is 0 Å². The van der Waals surface area contributed by atoms with Gasteiger partial charge in [-0.25, -0.2) is 0 Å². The van der Waals surface area contributed by atoms with Crippen LogP contribution in [0.2, 0.25) is 0 Å². The molecule has 0 radical (unpaired) electrons. The first kappa shape index (κ1) is 17.2. The number of nitrogens with zero attached hydrogens (tertiary/aromatic N) is 1. The van der Waals surface area contributed by atoms with Crippen LogP contribution in [-0.2, 0) is 0 Å². The van der Waals surface area contributed by atoms with E-state index in [0.29, 0.717) is 0 Å². The lowest BCUT2D eigenvalue weighted by atomic mass is 10.1. The van der Waals surface area contributed by atoms with Gasteiger partial charge in [-0.1, -0.05) is 25.1 Å². The van der Waals surface area contributed by atoms with Crippen LogP contribution in [0, 0.1) is 0 Å². The van der Waals surface area contributed by atoms with Gasteiger partial charge in [0.1, 0.15) is 4.32 Å². The minimum atomic E-state index is 0.194. The Hall–Kier alpha value is 0.160. The Balaban J connectivity index is 0.000000236. The third-order valence-corrected chi connectivity index (χ3v) is 2.79. The van der Waals surface area contributed by atoms with Crippen molar-refractivity contribution in [2.45, 2.75) is 38.5 Å². The maximum atomic E-state index is 4.71. The summed E-state index contributed by atoms with van der Waals surface area (Å²) in [5.41, 5.74) is 4.71. The minimum Gasteiger partial charge on any atom is -0.385 e. The molecule has 0 spiro atoms. The fourth-order valence-electron chi connectivity index (χ4n) is 1.85. The number of piperidine rings is 2. The van der Waals surface area contributed by atoms with Crippen LogP contribution in [-0.4, -0.2) is 42.4 Å². The molecule has 0 saturated carbocycles. The Bertz CT molecular complexity index is 163. The summed E-state index contributed by atoms with van der Waals surface area (Å²) in [4.78, 5) is 2.39. The second kappa shape index (κ2) is 12.6. The van der Waals surface area contributed by atoms with Gasteiger partial charge in [-0.15, -0.1) is 12.6 Å². The van der Waals surface area contributed by atoms with Crippen LogP contribution in [0.3, 0.4) is 0 Å². The Morgan fingerprint density at radius 2 is 1.47 bits per heavy atom. The third-order valence-electron chi connectivity index (χ3n) is 2.79. The van der Waals surface area contributed by atoms with E-state index in [4.69, 9.17) is 5.73 Å². The molecule has 2 saturated heterocycles. The van der Waals surface area contributed by atoms with Gasteiger partial charge >= 0.3 is 0 Å². The topological polar surface area (TPSA) is 41.3 Å². The first-order valence-corrected chi connectivity index (χ1v) is 7.36. The highest BCUT2D eigenvalue weighted by Crippen LogP contribution is 2.04. The number of thiol groups is 1. The second-order valence-electron chi connectivity index (χ2n) is 4.51. The number of hydrogen-bond donors (Lipinski definition) is 3. The van der Waals surface area contributed by atoms with Crippen LogP contribution in [0.5, 0.6) is 0 Å².